The Bertz CT molecular complexity index is 433. The predicted molar refractivity (Wildman–Crippen MR) is 53.4 cm³/mol. The standard InChI is InChI=1S/C10H8BrFO/c1-6(12)9-5-13-10-4-7(11)2-3-8(9)10/h2-6H,1H3. The molecule has 0 aliphatic heterocycles. The molecule has 0 aliphatic rings. The number of benzene rings is 1. The second kappa shape index (κ2) is 3.14. The van der Waals surface area contributed by atoms with Crippen LogP contribution < -0.4 is 0 Å². The van der Waals surface area contributed by atoms with E-state index in [9.17, 15) is 4.39 Å². The molecule has 2 rings (SSSR count). The summed E-state index contributed by atoms with van der Waals surface area (Å²) < 4.78 is 19.2. The first-order chi connectivity index (χ1) is 6.18. The molecule has 2 aromatic rings. The highest BCUT2D eigenvalue weighted by atomic mass is 79.9. The molecule has 68 valence electrons. The minimum atomic E-state index is -0.984. The zero-order valence-corrected chi connectivity index (χ0v) is 8.64. The number of hydrogen-bond donors (Lipinski definition) is 0. The zero-order valence-electron chi connectivity index (χ0n) is 7.05. The molecule has 0 saturated carbocycles. The van der Waals surface area contributed by atoms with Gasteiger partial charge >= 0.3 is 0 Å². The number of furan rings is 1. The molecule has 13 heavy (non-hydrogen) atoms. The lowest BCUT2D eigenvalue weighted by Crippen LogP contribution is -1.81. The summed E-state index contributed by atoms with van der Waals surface area (Å²) >= 11 is 3.32. The van der Waals surface area contributed by atoms with E-state index in [-0.39, 0.29) is 0 Å². The van der Waals surface area contributed by atoms with Gasteiger partial charge in [0.25, 0.3) is 0 Å². The van der Waals surface area contributed by atoms with Gasteiger partial charge in [-0.1, -0.05) is 15.9 Å². The molecule has 0 N–H and O–H groups in total. The summed E-state index contributed by atoms with van der Waals surface area (Å²) in [5.41, 5.74) is 1.33. The van der Waals surface area contributed by atoms with Crippen molar-refractivity contribution in [3.8, 4) is 0 Å². The minimum absolute atomic E-state index is 0.613. The third-order valence-electron chi connectivity index (χ3n) is 2.00. The van der Waals surface area contributed by atoms with Crippen LogP contribution in [0.2, 0.25) is 0 Å². The summed E-state index contributed by atoms with van der Waals surface area (Å²) in [4.78, 5) is 0. The van der Waals surface area contributed by atoms with Crippen molar-refractivity contribution in [3.05, 3.63) is 34.5 Å². The van der Waals surface area contributed by atoms with Crippen LogP contribution >= 0.6 is 15.9 Å². The van der Waals surface area contributed by atoms with Gasteiger partial charge in [-0.25, -0.2) is 4.39 Å². The van der Waals surface area contributed by atoms with Crippen LogP contribution in [0.15, 0.2) is 33.4 Å². The lowest BCUT2D eigenvalue weighted by molar-refractivity contribution is 0.373. The third-order valence-corrected chi connectivity index (χ3v) is 2.49. The first kappa shape index (κ1) is 8.75. The summed E-state index contributed by atoms with van der Waals surface area (Å²) in [6.45, 7) is 1.51. The molecule has 0 aliphatic carbocycles. The summed E-state index contributed by atoms with van der Waals surface area (Å²) in [5.74, 6) is 0. The molecular weight excluding hydrogens is 235 g/mol. The molecule has 1 aromatic carbocycles. The third kappa shape index (κ3) is 1.48. The van der Waals surface area contributed by atoms with E-state index in [0.717, 1.165) is 9.86 Å². The van der Waals surface area contributed by atoms with Crippen LogP contribution in [-0.4, -0.2) is 0 Å². The quantitative estimate of drug-likeness (QED) is 0.730. The van der Waals surface area contributed by atoms with E-state index in [2.05, 4.69) is 15.9 Å². The highest BCUT2D eigenvalue weighted by Crippen LogP contribution is 2.29. The van der Waals surface area contributed by atoms with Crippen LogP contribution in [0.1, 0.15) is 18.7 Å². The Hall–Kier alpha value is -0.830. The van der Waals surface area contributed by atoms with Gasteiger partial charge in [-0.2, -0.15) is 0 Å². The van der Waals surface area contributed by atoms with Gasteiger partial charge < -0.3 is 4.42 Å². The molecule has 1 nitrogen and oxygen atoms in total. The van der Waals surface area contributed by atoms with Crippen LogP contribution in [0.3, 0.4) is 0 Å². The second-order valence-corrected chi connectivity index (χ2v) is 3.86. The topological polar surface area (TPSA) is 13.1 Å². The van der Waals surface area contributed by atoms with Crippen molar-refractivity contribution >= 4 is 26.9 Å². The Morgan fingerprint density at radius 1 is 1.46 bits per heavy atom. The smallest absolute Gasteiger partial charge is 0.135 e. The molecule has 0 radical (unpaired) electrons. The Morgan fingerprint density at radius 2 is 2.23 bits per heavy atom. The van der Waals surface area contributed by atoms with Crippen LogP contribution in [0, 0.1) is 0 Å². The monoisotopic (exact) mass is 242 g/mol. The van der Waals surface area contributed by atoms with Crippen molar-refractivity contribution in [1.29, 1.82) is 0 Å². The van der Waals surface area contributed by atoms with E-state index in [0.29, 0.717) is 11.1 Å². The van der Waals surface area contributed by atoms with Crippen molar-refractivity contribution in [2.75, 3.05) is 0 Å². The van der Waals surface area contributed by atoms with Crippen LogP contribution in [0.25, 0.3) is 11.0 Å². The Labute approximate surface area is 83.7 Å². The second-order valence-electron chi connectivity index (χ2n) is 2.95. The van der Waals surface area contributed by atoms with Gasteiger partial charge in [0.05, 0.1) is 6.26 Å². The average molecular weight is 243 g/mol. The van der Waals surface area contributed by atoms with Gasteiger partial charge in [0, 0.05) is 15.4 Å². The highest BCUT2D eigenvalue weighted by Gasteiger charge is 2.11. The summed E-state index contributed by atoms with van der Waals surface area (Å²) in [6.07, 6.45) is 0.490. The molecule has 1 aromatic heterocycles. The first-order valence-electron chi connectivity index (χ1n) is 3.99. The van der Waals surface area contributed by atoms with E-state index in [1.807, 2.05) is 18.2 Å². The number of rotatable bonds is 1. The maximum Gasteiger partial charge on any atom is 0.135 e. The fraction of sp³-hybridized carbons (Fsp3) is 0.200. The molecule has 1 atom stereocenters. The molecule has 1 heterocycles. The lowest BCUT2D eigenvalue weighted by Gasteiger charge is -1.96. The maximum absolute atomic E-state index is 13.0. The normalized spacial score (nSPS) is 13.5. The van der Waals surface area contributed by atoms with Crippen molar-refractivity contribution < 1.29 is 8.81 Å². The van der Waals surface area contributed by atoms with Crippen molar-refractivity contribution in [3.63, 3.8) is 0 Å². The van der Waals surface area contributed by atoms with E-state index in [1.165, 1.54) is 13.2 Å². The van der Waals surface area contributed by atoms with Crippen LogP contribution in [-0.2, 0) is 0 Å². The van der Waals surface area contributed by atoms with Crippen molar-refractivity contribution in [1.82, 2.24) is 0 Å². The SMILES string of the molecule is CC(F)c1coc2cc(Br)ccc12. The highest BCUT2D eigenvalue weighted by molar-refractivity contribution is 9.10. The minimum Gasteiger partial charge on any atom is -0.464 e. The molecule has 0 bridgehead atoms. The molecular formula is C10H8BrFO. The Balaban J connectivity index is 2.69. The van der Waals surface area contributed by atoms with Crippen LogP contribution in [0.4, 0.5) is 4.39 Å². The van der Waals surface area contributed by atoms with E-state index in [1.54, 1.807) is 0 Å². The Morgan fingerprint density at radius 3 is 2.92 bits per heavy atom. The van der Waals surface area contributed by atoms with Gasteiger partial charge in [-0.3, -0.25) is 0 Å². The largest absolute Gasteiger partial charge is 0.464 e. The number of fused-ring (bicyclic) bond motifs is 1. The molecule has 0 saturated heterocycles. The number of hydrogen-bond acceptors (Lipinski definition) is 1. The summed E-state index contributed by atoms with van der Waals surface area (Å²) in [7, 11) is 0. The number of alkyl halides is 1. The van der Waals surface area contributed by atoms with E-state index >= 15 is 0 Å². The van der Waals surface area contributed by atoms with E-state index < -0.39 is 6.17 Å². The van der Waals surface area contributed by atoms with Gasteiger partial charge in [-0.05, 0) is 25.1 Å². The average Bonchev–Trinajstić information content (AvgIpc) is 2.46. The molecule has 3 heteroatoms. The molecule has 0 amide bonds. The molecule has 0 spiro atoms. The van der Waals surface area contributed by atoms with E-state index in [4.69, 9.17) is 4.42 Å². The van der Waals surface area contributed by atoms with Gasteiger partial charge in [0.1, 0.15) is 11.8 Å². The van der Waals surface area contributed by atoms with Gasteiger partial charge in [0.2, 0.25) is 0 Å². The Kier molecular flexibility index (Phi) is 2.12. The fourth-order valence-electron chi connectivity index (χ4n) is 1.33. The lowest BCUT2D eigenvalue weighted by atomic mass is 10.1. The first-order valence-corrected chi connectivity index (χ1v) is 4.78. The van der Waals surface area contributed by atoms with Crippen molar-refractivity contribution in [2.45, 2.75) is 13.1 Å². The molecule has 0 fully saturated rings. The van der Waals surface area contributed by atoms with Crippen LogP contribution in [0.5, 0.6) is 0 Å². The molecule has 1 unspecified atom stereocenters. The summed E-state index contributed by atoms with van der Waals surface area (Å²) in [6, 6.07) is 5.57. The maximum atomic E-state index is 13.0. The predicted octanol–water partition coefficient (Wildman–Crippen LogP) is 4.23. The fourth-order valence-corrected chi connectivity index (χ4v) is 1.67. The van der Waals surface area contributed by atoms with Crippen molar-refractivity contribution in [2.24, 2.45) is 0 Å². The summed E-state index contributed by atoms with van der Waals surface area (Å²) in [5, 5.41) is 0.846. The zero-order chi connectivity index (χ0) is 9.42. The number of halogens is 2. The van der Waals surface area contributed by atoms with Gasteiger partial charge in [-0.15, -0.1) is 0 Å². The van der Waals surface area contributed by atoms with Gasteiger partial charge in [0.15, 0.2) is 0 Å².